The van der Waals surface area contributed by atoms with Gasteiger partial charge < -0.3 is 0 Å². The second-order valence-electron chi connectivity index (χ2n) is 3.78. The fourth-order valence-corrected chi connectivity index (χ4v) is 1.51. The maximum atomic E-state index is 11.8. The number of carbonyl (C=O) groups is 1. The monoisotopic (exact) mass is 288 g/mol. The minimum absolute atomic E-state index is 0.168. The normalized spacial score (nSPS) is 8.76. The number of Topliss-reactive ketones (excluding diaryl/α,β-unsaturated/α-hetero) is 1. The number of rotatable bonds is 4. The van der Waals surface area contributed by atoms with Gasteiger partial charge in [0.05, 0.1) is 14.2 Å². The Morgan fingerprint density at radius 2 is 1.24 bits per heavy atom. The molecule has 0 saturated heterocycles. The molecular formula is C18H24O3. The van der Waals surface area contributed by atoms with E-state index < -0.39 is 0 Å². The van der Waals surface area contributed by atoms with Crippen molar-refractivity contribution >= 4 is 5.78 Å². The molecule has 2 aromatic carbocycles. The van der Waals surface area contributed by atoms with Gasteiger partial charge in [-0.1, -0.05) is 74.5 Å². The summed E-state index contributed by atoms with van der Waals surface area (Å²) in [4.78, 5) is 19.9. The molecular weight excluding hydrogens is 264 g/mol. The lowest BCUT2D eigenvalue weighted by atomic mass is 10.0. The Morgan fingerprint density at radius 3 is 1.67 bits per heavy atom. The SMILES string of the molecule is CC.COOC.O=C(Cc1ccccc1)c1ccccc1. The molecule has 2 aromatic rings. The molecule has 0 heterocycles. The predicted octanol–water partition coefficient (Wildman–Crippen LogP) is 4.33. The molecule has 0 saturated carbocycles. The van der Waals surface area contributed by atoms with Crippen molar-refractivity contribution in [3.63, 3.8) is 0 Å². The molecule has 0 radical (unpaired) electrons. The lowest BCUT2D eigenvalue weighted by Gasteiger charge is -2.00. The molecule has 0 fully saturated rings. The number of benzene rings is 2. The number of hydrogen-bond donors (Lipinski definition) is 0. The first-order valence-electron chi connectivity index (χ1n) is 6.97. The van der Waals surface area contributed by atoms with Crippen LogP contribution in [0.15, 0.2) is 60.7 Å². The van der Waals surface area contributed by atoms with E-state index in [1.54, 1.807) is 0 Å². The van der Waals surface area contributed by atoms with E-state index in [1.807, 2.05) is 74.5 Å². The van der Waals surface area contributed by atoms with Crippen molar-refractivity contribution < 1.29 is 14.6 Å². The van der Waals surface area contributed by atoms with Gasteiger partial charge in [0.15, 0.2) is 5.78 Å². The molecule has 2 rings (SSSR count). The second-order valence-corrected chi connectivity index (χ2v) is 3.78. The highest BCUT2D eigenvalue weighted by molar-refractivity contribution is 5.97. The van der Waals surface area contributed by atoms with Crippen LogP contribution in [0.1, 0.15) is 29.8 Å². The van der Waals surface area contributed by atoms with Crippen LogP contribution in [-0.4, -0.2) is 20.0 Å². The third-order valence-corrected chi connectivity index (χ3v) is 2.47. The molecule has 114 valence electrons. The Labute approximate surface area is 127 Å². The van der Waals surface area contributed by atoms with Gasteiger partial charge in [-0.2, -0.15) is 0 Å². The van der Waals surface area contributed by atoms with Crippen LogP contribution in [0.2, 0.25) is 0 Å². The van der Waals surface area contributed by atoms with Gasteiger partial charge in [-0.05, 0) is 5.56 Å². The molecule has 0 amide bonds. The van der Waals surface area contributed by atoms with E-state index in [9.17, 15) is 4.79 Å². The largest absolute Gasteiger partial charge is 0.294 e. The highest BCUT2D eigenvalue weighted by Crippen LogP contribution is 2.06. The highest BCUT2D eigenvalue weighted by atomic mass is 17.2. The minimum Gasteiger partial charge on any atom is -0.294 e. The van der Waals surface area contributed by atoms with Gasteiger partial charge in [-0.3, -0.25) is 4.79 Å². The molecule has 0 unspecified atom stereocenters. The minimum atomic E-state index is 0.168. The molecule has 0 N–H and O–H groups in total. The quantitative estimate of drug-likeness (QED) is 0.477. The Morgan fingerprint density at radius 1 is 0.810 bits per heavy atom. The summed E-state index contributed by atoms with van der Waals surface area (Å²) in [7, 11) is 2.92. The third-order valence-electron chi connectivity index (χ3n) is 2.47. The van der Waals surface area contributed by atoms with E-state index in [4.69, 9.17) is 0 Å². The fraction of sp³-hybridized carbons (Fsp3) is 0.278. The molecule has 3 heteroatoms. The third kappa shape index (κ3) is 8.74. The van der Waals surface area contributed by atoms with Crippen molar-refractivity contribution in [2.45, 2.75) is 20.3 Å². The van der Waals surface area contributed by atoms with Crippen LogP contribution in [0.3, 0.4) is 0 Å². The van der Waals surface area contributed by atoms with Crippen LogP contribution in [-0.2, 0) is 16.2 Å². The van der Waals surface area contributed by atoms with Crippen molar-refractivity contribution in [3.05, 3.63) is 71.8 Å². The van der Waals surface area contributed by atoms with E-state index in [1.165, 1.54) is 14.2 Å². The molecule has 0 bridgehead atoms. The van der Waals surface area contributed by atoms with E-state index in [-0.39, 0.29) is 5.78 Å². The summed E-state index contributed by atoms with van der Waals surface area (Å²) in [5.41, 5.74) is 1.84. The lowest BCUT2D eigenvalue weighted by Crippen LogP contribution is -2.02. The number of ketones is 1. The summed E-state index contributed by atoms with van der Waals surface area (Å²) >= 11 is 0. The molecule has 21 heavy (non-hydrogen) atoms. The first-order chi connectivity index (χ1) is 10.3. The average molecular weight is 288 g/mol. The van der Waals surface area contributed by atoms with Gasteiger partial charge in [0.1, 0.15) is 0 Å². The van der Waals surface area contributed by atoms with Gasteiger partial charge in [0.25, 0.3) is 0 Å². The smallest absolute Gasteiger partial charge is 0.167 e. The van der Waals surface area contributed by atoms with Crippen LogP contribution >= 0.6 is 0 Å². The molecule has 0 spiro atoms. The average Bonchev–Trinajstić information content (AvgIpc) is 2.58. The van der Waals surface area contributed by atoms with Crippen LogP contribution in [0.4, 0.5) is 0 Å². The maximum absolute atomic E-state index is 11.8. The zero-order chi connectivity index (χ0) is 15.9. The summed E-state index contributed by atoms with van der Waals surface area (Å²) < 4.78 is 0. The summed E-state index contributed by atoms with van der Waals surface area (Å²) in [6.45, 7) is 4.00. The van der Waals surface area contributed by atoms with Crippen molar-refractivity contribution in [2.75, 3.05) is 14.2 Å². The Kier molecular flexibility index (Phi) is 11.8. The molecule has 0 aromatic heterocycles. The maximum Gasteiger partial charge on any atom is 0.167 e. The lowest BCUT2D eigenvalue weighted by molar-refractivity contribution is -0.248. The topological polar surface area (TPSA) is 35.5 Å². The van der Waals surface area contributed by atoms with Crippen molar-refractivity contribution in [1.29, 1.82) is 0 Å². The summed E-state index contributed by atoms with van der Waals surface area (Å²) in [5.74, 6) is 0.168. The van der Waals surface area contributed by atoms with Crippen molar-refractivity contribution in [1.82, 2.24) is 0 Å². The standard InChI is InChI=1S/C14H12O.C2H6O2.C2H6/c15-14(13-9-5-2-6-10-13)11-12-7-3-1-4-8-12;1-3-4-2;1-2/h1-10H,11H2;1-2H3;1-2H3. The van der Waals surface area contributed by atoms with Gasteiger partial charge in [-0.15, -0.1) is 0 Å². The first kappa shape index (κ1) is 19.0. The highest BCUT2D eigenvalue weighted by Gasteiger charge is 2.05. The molecule has 0 aliphatic carbocycles. The van der Waals surface area contributed by atoms with Crippen LogP contribution < -0.4 is 0 Å². The molecule has 0 aliphatic heterocycles. The fourth-order valence-electron chi connectivity index (χ4n) is 1.51. The summed E-state index contributed by atoms with van der Waals surface area (Å²) in [6, 6.07) is 19.2. The van der Waals surface area contributed by atoms with Crippen molar-refractivity contribution in [3.8, 4) is 0 Å². The van der Waals surface area contributed by atoms with Crippen LogP contribution in [0.25, 0.3) is 0 Å². The number of carbonyl (C=O) groups excluding carboxylic acids is 1. The molecule has 0 atom stereocenters. The van der Waals surface area contributed by atoms with Crippen LogP contribution in [0, 0.1) is 0 Å². The molecule has 3 nitrogen and oxygen atoms in total. The first-order valence-corrected chi connectivity index (χ1v) is 6.97. The Bertz CT molecular complexity index is 464. The zero-order valence-electron chi connectivity index (χ0n) is 13.2. The van der Waals surface area contributed by atoms with E-state index in [0.29, 0.717) is 6.42 Å². The van der Waals surface area contributed by atoms with Crippen molar-refractivity contribution in [2.24, 2.45) is 0 Å². The van der Waals surface area contributed by atoms with Gasteiger partial charge >= 0.3 is 0 Å². The van der Waals surface area contributed by atoms with E-state index in [0.717, 1.165) is 11.1 Å². The molecule has 0 aliphatic rings. The van der Waals surface area contributed by atoms with E-state index in [2.05, 4.69) is 9.78 Å². The van der Waals surface area contributed by atoms with E-state index >= 15 is 0 Å². The Balaban J connectivity index is 0.000000579. The van der Waals surface area contributed by atoms with Crippen LogP contribution in [0.5, 0.6) is 0 Å². The van der Waals surface area contributed by atoms with Gasteiger partial charge in [0, 0.05) is 12.0 Å². The predicted molar refractivity (Wildman–Crippen MR) is 86.3 cm³/mol. The Hall–Kier alpha value is -1.97. The number of hydrogen-bond acceptors (Lipinski definition) is 3. The summed E-state index contributed by atoms with van der Waals surface area (Å²) in [5, 5.41) is 0. The van der Waals surface area contributed by atoms with Gasteiger partial charge in [0.2, 0.25) is 0 Å². The zero-order valence-corrected chi connectivity index (χ0v) is 13.2. The summed E-state index contributed by atoms with van der Waals surface area (Å²) in [6.07, 6.45) is 0.477. The van der Waals surface area contributed by atoms with Gasteiger partial charge in [-0.25, -0.2) is 9.78 Å². The second kappa shape index (κ2) is 13.0.